The number of amides is 2. The average Bonchev–Trinajstić information content (AvgIpc) is 2.48. The molecule has 5 heteroatoms. The zero-order valence-electron chi connectivity index (χ0n) is 12.3. The van der Waals surface area contributed by atoms with Crippen molar-refractivity contribution >= 4 is 17.5 Å². The fourth-order valence-corrected chi connectivity index (χ4v) is 2.01. The van der Waals surface area contributed by atoms with Gasteiger partial charge in [0.05, 0.1) is 18.7 Å². The minimum atomic E-state index is -0.303. The van der Waals surface area contributed by atoms with E-state index in [0.717, 1.165) is 0 Å². The minimum Gasteiger partial charge on any atom is -0.491 e. The van der Waals surface area contributed by atoms with Crippen molar-refractivity contribution in [2.45, 2.75) is 32.7 Å². The van der Waals surface area contributed by atoms with Gasteiger partial charge in [-0.3, -0.25) is 9.59 Å². The fraction of sp³-hybridized carbons (Fsp3) is 0.467. The Balaban J connectivity index is 2.33. The largest absolute Gasteiger partial charge is 0.491 e. The first-order chi connectivity index (χ1) is 9.28. The van der Waals surface area contributed by atoms with Crippen LogP contribution in [0.15, 0.2) is 18.2 Å². The van der Waals surface area contributed by atoms with E-state index in [0.29, 0.717) is 30.0 Å². The van der Waals surface area contributed by atoms with Gasteiger partial charge in [0.25, 0.3) is 5.91 Å². The van der Waals surface area contributed by atoms with Gasteiger partial charge in [0.1, 0.15) is 5.75 Å². The van der Waals surface area contributed by atoms with E-state index in [9.17, 15) is 9.59 Å². The Morgan fingerprint density at radius 2 is 2.05 bits per heavy atom. The van der Waals surface area contributed by atoms with E-state index >= 15 is 0 Å². The molecule has 0 bridgehead atoms. The molecule has 2 amide bonds. The molecule has 0 spiro atoms. The highest BCUT2D eigenvalue weighted by Gasteiger charge is 2.22. The number of anilines is 1. The second-order valence-electron chi connectivity index (χ2n) is 5.94. The lowest BCUT2D eigenvalue weighted by Crippen LogP contribution is -2.40. The Kier molecular flexibility index (Phi) is 3.70. The summed E-state index contributed by atoms with van der Waals surface area (Å²) < 4.78 is 5.53. The zero-order chi connectivity index (χ0) is 14.9. The molecule has 1 aliphatic heterocycles. The Morgan fingerprint density at radius 3 is 2.70 bits per heavy atom. The van der Waals surface area contributed by atoms with Crippen molar-refractivity contribution in [3.05, 3.63) is 23.8 Å². The van der Waals surface area contributed by atoms with Gasteiger partial charge in [-0.05, 0) is 39.0 Å². The molecule has 0 radical (unpaired) electrons. The van der Waals surface area contributed by atoms with E-state index in [1.807, 2.05) is 20.8 Å². The second-order valence-corrected chi connectivity index (χ2v) is 5.94. The molecule has 20 heavy (non-hydrogen) atoms. The molecule has 1 aromatic rings. The SMILES string of the molecule is CN1C(=O)CCOc2ccc(C(=O)NC(C)(C)C)cc21. The smallest absolute Gasteiger partial charge is 0.251 e. The van der Waals surface area contributed by atoms with Gasteiger partial charge in [-0.25, -0.2) is 0 Å². The number of carbonyl (C=O) groups excluding carboxylic acids is 2. The fourth-order valence-electron chi connectivity index (χ4n) is 2.01. The first-order valence-corrected chi connectivity index (χ1v) is 6.64. The van der Waals surface area contributed by atoms with Gasteiger partial charge in [-0.1, -0.05) is 0 Å². The lowest BCUT2D eigenvalue weighted by molar-refractivity contribution is -0.118. The van der Waals surface area contributed by atoms with E-state index in [4.69, 9.17) is 4.74 Å². The summed E-state index contributed by atoms with van der Waals surface area (Å²) in [5.41, 5.74) is 0.847. The van der Waals surface area contributed by atoms with E-state index in [1.165, 1.54) is 4.90 Å². The molecule has 1 N–H and O–H groups in total. The predicted octanol–water partition coefficient (Wildman–Crippen LogP) is 1.96. The molecule has 1 heterocycles. The van der Waals surface area contributed by atoms with Gasteiger partial charge in [-0.15, -0.1) is 0 Å². The van der Waals surface area contributed by atoms with Crippen molar-refractivity contribution in [3.63, 3.8) is 0 Å². The van der Waals surface area contributed by atoms with Gasteiger partial charge in [0.2, 0.25) is 5.91 Å². The maximum Gasteiger partial charge on any atom is 0.251 e. The van der Waals surface area contributed by atoms with Crippen molar-refractivity contribution in [3.8, 4) is 5.75 Å². The van der Waals surface area contributed by atoms with Crippen molar-refractivity contribution in [1.29, 1.82) is 0 Å². The van der Waals surface area contributed by atoms with E-state index in [-0.39, 0.29) is 17.4 Å². The van der Waals surface area contributed by atoms with E-state index in [2.05, 4.69) is 5.32 Å². The summed E-state index contributed by atoms with van der Waals surface area (Å²) in [4.78, 5) is 25.5. The number of hydrogen-bond donors (Lipinski definition) is 1. The number of benzene rings is 1. The molecular weight excluding hydrogens is 256 g/mol. The summed E-state index contributed by atoms with van der Waals surface area (Å²) in [5, 5.41) is 2.90. The van der Waals surface area contributed by atoms with Crippen LogP contribution in [0.5, 0.6) is 5.75 Å². The number of nitrogens with zero attached hydrogens (tertiary/aromatic N) is 1. The summed E-state index contributed by atoms with van der Waals surface area (Å²) in [7, 11) is 1.70. The van der Waals surface area contributed by atoms with Crippen molar-refractivity contribution in [2.24, 2.45) is 0 Å². The van der Waals surface area contributed by atoms with Gasteiger partial charge in [0.15, 0.2) is 0 Å². The third-order valence-electron chi connectivity index (χ3n) is 3.02. The average molecular weight is 276 g/mol. The molecule has 0 aliphatic carbocycles. The molecule has 0 fully saturated rings. The molecular formula is C15H20N2O3. The number of rotatable bonds is 1. The summed E-state index contributed by atoms with van der Waals surface area (Å²) in [6, 6.07) is 5.14. The van der Waals surface area contributed by atoms with Crippen LogP contribution in [0.2, 0.25) is 0 Å². The predicted molar refractivity (Wildman–Crippen MR) is 77.2 cm³/mol. The zero-order valence-corrected chi connectivity index (χ0v) is 12.3. The molecule has 1 aromatic carbocycles. The normalized spacial score (nSPS) is 15.2. The highest BCUT2D eigenvalue weighted by Crippen LogP contribution is 2.31. The van der Waals surface area contributed by atoms with Crippen LogP contribution in [-0.4, -0.2) is 31.0 Å². The first-order valence-electron chi connectivity index (χ1n) is 6.64. The monoisotopic (exact) mass is 276 g/mol. The molecule has 1 aliphatic rings. The Hall–Kier alpha value is -2.04. The quantitative estimate of drug-likeness (QED) is 0.853. The first kappa shape index (κ1) is 14.4. The molecule has 0 saturated carbocycles. The minimum absolute atomic E-state index is 0.0165. The molecule has 108 valence electrons. The third kappa shape index (κ3) is 3.10. The van der Waals surface area contributed by atoms with Crippen LogP contribution in [-0.2, 0) is 4.79 Å². The van der Waals surface area contributed by atoms with Crippen LogP contribution < -0.4 is 15.0 Å². The van der Waals surface area contributed by atoms with Crippen LogP contribution in [0.25, 0.3) is 0 Å². The van der Waals surface area contributed by atoms with Crippen LogP contribution in [0.1, 0.15) is 37.6 Å². The van der Waals surface area contributed by atoms with Gasteiger partial charge >= 0.3 is 0 Å². The van der Waals surface area contributed by atoms with Crippen molar-refractivity contribution in [2.75, 3.05) is 18.6 Å². The van der Waals surface area contributed by atoms with Gasteiger partial charge in [0, 0.05) is 18.2 Å². The molecule has 2 rings (SSSR count). The lowest BCUT2D eigenvalue weighted by atomic mass is 10.1. The van der Waals surface area contributed by atoms with Crippen molar-refractivity contribution in [1.82, 2.24) is 5.32 Å². The number of ether oxygens (including phenoxy) is 1. The Labute approximate surface area is 118 Å². The number of carbonyl (C=O) groups is 2. The van der Waals surface area contributed by atoms with Gasteiger partial charge in [-0.2, -0.15) is 0 Å². The molecule has 0 saturated heterocycles. The summed E-state index contributed by atoms with van der Waals surface area (Å²) in [5.74, 6) is 0.452. The Morgan fingerprint density at radius 1 is 1.35 bits per heavy atom. The van der Waals surface area contributed by atoms with E-state index in [1.54, 1.807) is 25.2 Å². The van der Waals surface area contributed by atoms with Crippen LogP contribution in [0.3, 0.4) is 0 Å². The summed E-state index contributed by atoms with van der Waals surface area (Å²) in [6.07, 6.45) is 0.342. The molecule has 0 aromatic heterocycles. The van der Waals surface area contributed by atoms with Gasteiger partial charge < -0.3 is 15.0 Å². The maximum atomic E-state index is 12.2. The molecule has 0 unspecified atom stereocenters. The van der Waals surface area contributed by atoms with Crippen LogP contribution >= 0.6 is 0 Å². The van der Waals surface area contributed by atoms with Crippen LogP contribution in [0.4, 0.5) is 5.69 Å². The second kappa shape index (κ2) is 5.15. The number of fused-ring (bicyclic) bond motifs is 1. The summed E-state index contributed by atoms with van der Waals surface area (Å²) >= 11 is 0. The topological polar surface area (TPSA) is 58.6 Å². The third-order valence-corrected chi connectivity index (χ3v) is 3.02. The standard InChI is InChI=1S/C15H20N2O3/c1-15(2,3)16-14(19)10-5-6-12-11(9-10)17(4)13(18)7-8-20-12/h5-6,9H,7-8H2,1-4H3,(H,16,19). The molecule has 0 atom stereocenters. The summed E-state index contributed by atoms with van der Waals surface area (Å²) in [6.45, 7) is 6.14. The molecule has 5 nitrogen and oxygen atoms in total. The Bertz CT molecular complexity index is 547. The number of nitrogens with one attached hydrogen (secondary N) is 1. The number of hydrogen-bond acceptors (Lipinski definition) is 3. The van der Waals surface area contributed by atoms with E-state index < -0.39 is 0 Å². The highest BCUT2D eigenvalue weighted by molar-refractivity contribution is 5.99. The van der Waals surface area contributed by atoms with Crippen LogP contribution in [0, 0.1) is 0 Å². The lowest BCUT2D eigenvalue weighted by Gasteiger charge is -2.22. The van der Waals surface area contributed by atoms with Crippen molar-refractivity contribution < 1.29 is 14.3 Å². The highest BCUT2D eigenvalue weighted by atomic mass is 16.5. The maximum absolute atomic E-state index is 12.2.